The molecule has 0 aliphatic heterocycles. The first-order valence-electron chi connectivity index (χ1n) is 5.09. The molecule has 1 aromatic heterocycles. The zero-order valence-electron chi connectivity index (χ0n) is 8.57. The Labute approximate surface area is 88.4 Å². The Kier molecular flexibility index (Phi) is 1.72. The molecular weight excluding hydrogens is 182 g/mol. The molecule has 2 aromatic carbocycles. The third kappa shape index (κ3) is 1.20. The fourth-order valence-corrected chi connectivity index (χ4v) is 2.11. The lowest BCUT2D eigenvalue weighted by Crippen LogP contribution is -1.85. The largest absolute Gasteiger partial charge is 0.256 e. The minimum Gasteiger partial charge on any atom is -0.256 e. The van der Waals surface area contributed by atoms with Crippen molar-refractivity contribution in [2.45, 2.75) is 6.92 Å². The van der Waals surface area contributed by atoms with Crippen LogP contribution in [0.4, 0.5) is 0 Å². The Morgan fingerprint density at radius 2 is 1.73 bits per heavy atom. The summed E-state index contributed by atoms with van der Waals surface area (Å²) in [5, 5.41) is 3.80. The van der Waals surface area contributed by atoms with Gasteiger partial charge in [0.1, 0.15) is 0 Å². The van der Waals surface area contributed by atoms with Gasteiger partial charge in [-0.2, -0.15) is 0 Å². The van der Waals surface area contributed by atoms with Gasteiger partial charge < -0.3 is 0 Å². The number of hydrogen-bond donors (Lipinski definition) is 0. The predicted molar refractivity (Wildman–Crippen MR) is 64.0 cm³/mol. The van der Waals surface area contributed by atoms with Crippen LogP contribution < -0.4 is 0 Å². The van der Waals surface area contributed by atoms with E-state index in [1.54, 1.807) is 0 Å². The number of nitrogens with zero attached hydrogens (tertiary/aromatic N) is 1. The van der Waals surface area contributed by atoms with Crippen LogP contribution in [0.5, 0.6) is 0 Å². The summed E-state index contributed by atoms with van der Waals surface area (Å²) in [5.41, 5.74) is 2.37. The molecule has 1 heteroatoms. The first-order valence-corrected chi connectivity index (χ1v) is 5.09. The average Bonchev–Trinajstić information content (AvgIpc) is 2.30. The first-order chi connectivity index (χ1) is 7.36. The maximum atomic E-state index is 4.43. The van der Waals surface area contributed by atoms with Gasteiger partial charge in [-0.3, -0.25) is 4.98 Å². The van der Waals surface area contributed by atoms with Crippen molar-refractivity contribution in [1.82, 2.24) is 4.98 Å². The fraction of sp³-hybridized carbons (Fsp3) is 0.0714. The quantitative estimate of drug-likeness (QED) is 0.496. The molecule has 0 unspecified atom stereocenters. The molecule has 0 aliphatic rings. The van der Waals surface area contributed by atoms with Gasteiger partial charge in [-0.15, -0.1) is 0 Å². The number of aryl methyl sites for hydroxylation is 1. The molecule has 0 bridgehead atoms. The van der Waals surface area contributed by atoms with Gasteiger partial charge >= 0.3 is 0 Å². The van der Waals surface area contributed by atoms with E-state index in [1.165, 1.54) is 21.7 Å². The highest BCUT2D eigenvalue weighted by molar-refractivity contribution is 6.00. The maximum Gasteiger partial charge on any atom is 0.0737 e. The molecular formula is C14H11N. The molecule has 1 heterocycles. The van der Waals surface area contributed by atoms with Crippen molar-refractivity contribution in [2.24, 2.45) is 0 Å². The van der Waals surface area contributed by atoms with Crippen LogP contribution in [0.1, 0.15) is 5.56 Å². The van der Waals surface area contributed by atoms with E-state index in [1.807, 2.05) is 12.3 Å². The van der Waals surface area contributed by atoms with Crippen LogP contribution in [-0.2, 0) is 0 Å². The van der Waals surface area contributed by atoms with E-state index in [2.05, 4.69) is 48.3 Å². The minimum absolute atomic E-state index is 1.11. The summed E-state index contributed by atoms with van der Waals surface area (Å²) in [7, 11) is 0. The molecule has 0 fully saturated rings. The van der Waals surface area contributed by atoms with Crippen molar-refractivity contribution in [1.29, 1.82) is 0 Å². The summed E-state index contributed by atoms with van der Waals surface area (Å²) < 4.78 is 0. The smallest absolute Gasteiger partial charge is 0.0737 e. The lowest BCUT2D eigenvalue weighted by atomic mass is 10.0. The van der Waals surface area contributed by atoms with Crippen LogP contribution in [-0.4, -0.2) is 4.98 Å². The van der Waals surface area contributed by atoms with Crippen molar-refractivity contribution < 1.29 is 0 Å². The SMILES string of the molecule is Cc1c2ccccc2cc2cccnc12. The molecule has 0 saturated carbocycles. The summed E-state index contributed by atoms with van der Waals surface area (Å²) in [6, 6.07) is 14.7. The number of benzene rings is 2. The fourth-order valence-electron chi connectivity index (χ4n) is 2.11. The molecule has 0 atom stereocenters. The molecule has 0 N–H and O–H groups in total. The Hall–Kier alpha value is -1.89. The van der Waals surface area contributed by atoms with Gasteiger partial charge in [-0.25, -0.2) is 0 Å². The zero-order chi connectivity index (χ0) is 10.3. The molecule has 0 spiro atoms. The van der Waals surface area contributed by atoms with Crippen molar-refractivity contribution in [3.63, 3.8) is 0 Å². The van der Waals surface area contributed by atoms with Gasteiger partial charge in [0.2, 0.25) is 0 Å². The molecule has 1 nitrogen and oxygen atoms in total. The van der Waals surface area contributed by atoms with Crippen LogP contribution in [0.3, 0.4) is 0 Å². The van der Waals surface area contributed by atoms with Gasteiger partial charge in [0, 0.05) is 11.6 Å². The van der Waals surface area contributed by atoms with Gasteiger partial charge in [0.05, 0.1) is 5.52 Å². The third-order valence-corrected chi connectivity index (χ3v) is 2.87. The first kappa shape index (κ1) is 8.42. The van der Waals surface area contributed by atoms with Crippen LogP contribution in [0.2, 0.25) is 0 Å². The molecule has 15 heavy (non-hydrogen) atoms. The predicted octanol–water partition coefficient (Wildman–Crippen LogP) is 3.70. The number of fused-ring (bicyclic) bond motifs is 2. The topological polar surface area (TPSA) is 12.9 Å². The van der Waals surface area contributed by atoms with Gasteiger partial charge in [-0.1, -0.05) is 30.3 Å². The number of pyridine rings is 1. The van der Waals surface area contributed by atoms with Crippen molar-refractivity contribution in [3.8, 4) is 0 Å². The van der Waals surface area contributed by atoms with E-state index in [9.17, 15) is 0 Å². The zero-order valence-corrected chi connectivity index (χ0v) is 8.57. The highest BCUT2D eigenvalue weighted by Gasteiger charge is 2.02. The van der Waals surface area contributed by atoms with Crippen LogP contribution in [0.25, 0.3) is 21.7 Å². The van der Waals surface area contributed by atoms with E-state index >= 15 is 0 Å². The highest BCUT2D eigenvalue weighted by atomic mass is 14.6. The van der Waals surface area contributed by atoms with E-state index in [4.69, 9.17) is 0 Å². The molecule has 0 saturated heterocycles. The standard InChI is InChI=1S/C14H11N/c1-10-13-7-3-2-5-11(13)9-12-6-4-8-15-14(10)12/h2-9H,1H3. The van der Waals surface area contributed by atoms with Crippen LogP contribution in [0.15, 0.2) is 48.7 Å². The second kappa shape index (κ2) is 3.06. The summed E-state index contributed by atoms with van der Waals surface area (Å²) in [4.78, 5) is 4.43. The lowest BCUT2D eigenvalue weighted by Gasteiger charge is -2.05. The average molecular weight is 193 g/mol. The normalized spacial score (nSPS) is 11.0. The Morgan fingerprint density at radius 3 is 2.67 bits per heavy atom. The summed E-state index contributed by atoms with van der Waals surface area (Å²) >= 11 is 0. The van der Waals surface area contributed by atoms with E-state index in [0.29, 0.717) is 0 Å². The van der Waals surface area contributed by atoms with Crippen LogP contribution >= 0.6 is 0 Å². The van der Waals surface area contributed by atoms with Gasteiger partial charge in [0.15, 0.2) is 0 Å². The number of rotatable bonds is 0. The summed E-state index contributed by atoms with van der Waals surface area (Å²) in [5.74, 6) is 0. The summed E-state index contributed by atoms with van der Waals surface area (Å²) in [6.45, 7) is 2.14. The molecule has 0 radical (unpaired) electrons. The lowest BCUT2D eigenvalue weighted by molar-refractivity contribution is 1.38. The molecule has 72 valence electrons. The van der Waals surface area contributed by atoms with Crippen molar-refractivity contribution in [3.05, 3.63) is 54.2 Å². The van der Waals surface area contributed by atoms with E-state index in [0.717, 1.165) is 5.52 Å². The second-order valence-corrected chi connectivity index (χ2v) is 3.80. The van der Waals surface area contributed by atoms with E-state index in [-0.39, 0.29) is 0 Å². The van der Waals surface area contributed by atoms with E-state index < -0.39 is 0 Å². The number of aromatic nitrogens is 1. The monoisotopic (exact) mass is 193 g/mol. The van der Waals surface area contributed by atoms with Crippen molar-refractivity contribution in [2.75, 3.05) is 0 Å². The Morgan fingerprint density at radius 1 is 0.933 bits per heavy atom. The maximum absolute atomic E-state index is 4.43. The minimum atomic E-state index is 1.11. The second-order valence-electron chi connectivity index (χ2n) is 3.80. The van der Waals surface area contributed by atoms with Gasteiger partial charge in [-0.05, 0) is 35.4 Å². The third-order valence-electron chi connectivity index (χ3n) is 2.87. The van der Waals surface area contributed by atoms with Crippen LogP contribution in [0, 0.1) is 6.92 Å². The molecule has 0 aliphatic carbocycles. The van der Waals surface area contributed by atoms with Gasteiger partial charge in [0.25, 0.3) is 0 Å². The molecule has 0 amide bonds. The Balaban J connectivity index is 2.60. The molecule has 3 rings (SSSR count). The van der Waals surface area contributed by atoms with Crippen molar-refractivity contribution >= 4 is 21.7 Å². The highest BCUT2D eigenvalue weighted by Crippen LogP contribution is 2.25. The Bertz CT molecular complexity index is 587. The molecule has 3 aromatic rings. The number of hydrogen-bond acceptors (Lipinski definition) is 1. The summed E-state index contributed by atoms with van der Waals surface area (Å²) in [6.07, 6.45) is 1.85.